The summed E-state index contributed by atoms with van der Waals surface area (Å²) >= 11 is 11.9. The highest BCUT2D eigenvalue weighted by molar-refractivity contribution is 6.31. The first-order chi connectivity index (χ1) is 8.72. The third kappa shape index (κ3) is 2.26. The zero-order chi connectivity index (χ0) is 12.5. The molecule has 0 radical (unpaired) electrons. The Morgan fingerprint density at radius 1 is 1.06 bits per heavy atom. The molecular formula is C14H11Cl2NO. The fourth-order valence-electron chi connectivity index (χ4n) is 2.04. The molecule has 0 saturated heterocycles. The molecule has 18 heavy (non-hydrogen) atoms. The van der Waals surface area contributed by atoms with Crippen LogP contribution in [-0.2, 0) is 0 Å². The van der Waals surface area contributed by atoms with E-state index in [0.29, 0.717) is 11.6 Å². The number of rotatable bonds is 1. The molecule has 3 rings (SSSR count). The Kier molecular flexibility index (Phi) is 3.06. The van der Waals surface area contributed by atoms with Crippen molar-refractivity contribution in [2.75, 3.05) is 11.9 Å². The molecule has 2 aromatic rings. The summed E-state index contributed by atoms with van der Waals surface area (Å²) < 4.78 is 5.72. The summed E-state index contributed by atoms with van der Waals surface area (Å²) in [5.41, 5.74) is 2.07. The van der Waals surface area contributed by atoms with Crippen LogP contribution in [0.1, 0.15) is 11.6 Å². The molecule has 0 bridgehead atoms. The summed E-state index contributed by atoms with van der Waals surface area (Å²) in [6.45, 7) is 0.563. The molecule has 1 N–H and O–H groups in total. The standard InChI is InChI=1S/C14H11Cl2NO/c15-10-3-1-2-9(6-10)13-8-18-14-7-11(16)4-5-12(14)17-13/h1-7,13,17H,8H2/t13-/m0/s1. The Hall–Kier alpha value is -1.38. The fourth-order valence-corrected chi connectivity index (χ4v) is 2.40. The molecule has 0 fully saturated rings. The number of benzene rings is 2. The van der Waals surface area contributed by atoms with Crippen molar-refractivity contribution < 1.29 is 4.74 Å². The molecule has 1 aliphatic heterocycles. The van der Waals surface area contributed by atoms with E-state index in [1.165, 1.54) is 0 Å². The maximum Gasteiger partial charge on any atom is 0.144 e. The van der Waals surface area contributed by atoms with Crippen LogP contribution in [0.2, 0.25) is 10.0 Å². The molecular weight excluding hydrogens is 269 g/mol. The van der Waals surface area contributed by atoms with Crippen LogP contribution >= 0.6 is 23.2 Å². The highest BCUT2D eigenvalue weighted by atomic mass is 35.5. The second-order valence-corrected chi connectivity index (χ2v) is 5.08. The monoisotopic (exact) mass is 279 g/mol. The van der Waals surface area contributed by atoms with Crippen molar-refractivity contribution in [3.8, 4) is 5.75 Å². The third-order valence-corrected chi connectivity index (χ3v) is 3.40. The molecule has 0 aromatic heterocycles. The van der Waals surface area contributed by atoms with E-state index in [9.17, 15) is 0 Å². The SMILES string of the molecule is Clc1cccc([C@@H]2COc3cc(Cl)ccc3N2)c1. The van der Waals surface area contributed by atoms with Crippen molar-refractivity contribution in [1.82, 2.24) is 0 Å². The number of ether oxygens (including phenoxy) is 1. The first-order valence-corrected chi connectivity index (χ1v) is 6.42. The van der Waals surface area contributed by atoms with Crippen LogP contribution in [0.4, 0.5) is 5.69 Å². The molecule has 0 spiro atoms. The van der Waals surface area contributed by atoms with Gasteiger partial charge in [-0.15, -0.1) is 0 Å². The van der Waals surface area contributed by atoms with Crippen LogP contribution in [0.3, 0.4) is 0 Å². The van der Waals surface area contributed by atoms with Gasteiger partial charge in [0.1, 0.15) is 12.4 Å². The minimum absolute atomic E-state index is 0.109. The van der Waals surface area contributed by atoms with Gasteiger partial charge in [0.15, 0.2) is 0 Å². The summed E-state index contributed by atoms with van der Waals surface area (Å²) in [6, 6.07) is 13.5. The van der Waals surface area contributed by atoms with Gasteiger partial charge < -0.3 is 10.1 Å². The zero-order valence-corrected chi connectivity index (χ0v) is 11.0. The highest BCUT2D eigenvalue weighted by Gasteiger charge is 2.20. The lowest BCUT2D eigenvalue weighted by Crippen LogP contribution is -2.23. The smallest absolute Gasteiger partial charge is 0.144 e. The number of hydrogen-bond donors (Lipinski definition) is 1. The molecule has 1 heterocycles. The Balaban J connectivity index is 1.89. The van der Waals surface area contributed by atoms with Gasteiger partial charge in [-0.2, -0.15) is 0 Å². The molecule has 1 aliphatic rings. The second-order valence-electron chi connectivity index (χ2n) is 4.20. The summed E-state index contributed by atoms with van der Waals surface area (Å²) in [5.74, 6) is 0.792. The van der Waals surface area contributed by atoms with E-state index >= 15 is 0 Å². The number of anilines is 1. The Labute approximate surface area is 115 Å². The molecule has 4 heteroatoms. The lowest BCUT2D eigenvalue weighted by atomic mass is 10.1. The summed E-state index contributed by atoms with van der Waals surface area (Å²) in [4.78, 5) is 0. The molecule has 2 aromatic carbocycles. The minimum atomic E-state index is 0.109. The van der Waals surface area contributed by atoms with Gasteiger partial charge >= 0.3 is 0 Å². The van der Waals surface area contributed by atoms with E-state index in [4.69, 9.17) is 27.9 Å². The lowest BCUT2D eigenvalue weighted by Gasteiger charge is -2.28. The van der Waals surface area contributed by atoms with E-state index in [2.05, 4.69) is 5.32 Å². The van der Waals surface area contributed by atoms with Gasteiger partial charge in [-0.1, -0.05) is 35.3 Å². The van der Waals surface area contributed by atoms with E-state index in [0.717, 1.165) is 22.0 Å². The van der Waals surface area contributed by atoms with E-state index < -0.39 is 0 Å². The predicted molar refractivity (Wildman–Crippen MR) is 74.8 cm³/mol. The molecule has 0 saturated carbocycles. The first-order valence-electron chi connectivity index (χ1n) is 5.67. The van der Waals surface area contributed by atoms with Gasteiger partial charge in [-0.25, -0.2) is 0 Å². The van der Waals surface area contributed by atoms with Crippen LogP contribution in [0.15, 0.2) is 42.5 Å². The van der Waals surface area contributed by atoms with Gasteiger partial charge in [0.05, 0.1) is 11.7 Å². The normalized spacial score (nSPS) is 17.6. The average molecular weight is 280 g/mol. The Bertz CT molecular complexity index is 586. The van der Waals surface area contributed by atoms with Crippen LogP contribution in [0.25, 0.3) is 0 Å². The summed E-state index contributed by atoms with van der Waals surface area (Å²) in [7, 11) is 0. The number of hydrogen-bond acceptors (Lipinski definition) is 2. The van der Waals surface area contributed by atoms with Crippen LogP contribution < -0.4 is 10.1 Å². The van der Waals surface area contributed by atoms with Crippen LogP contribution in [0, 0.1) is 0 Å². The lowest BCUT2D eigenvalue weighted by molar-refractivity contribution is 0.286. The van der Waals surface area contributed by atoms with Gasteiger partial charge in [-0.05, 0) is 29.8 Å². The topological polar surface area (TPSA) is 21.3 Å². The number of nitrogens with one attached hydrogen (secondary N) is 1. The van der Waals surface area contributed by atoms with Crippen molar-refractivity contribution >= 4 is 28.9 Å². The van der Waals surface area contributed by atoms with Crippen molar-refractivity contribution in [1.29, 1.82) is 0 Å². The molecule has 1 atom stereocenters. The van der Waals surface area contributed by atoms with Gasteiger partial charge in [0.2, 0.25) is 0 Å². The predicted octanol–water partition coefficient (Wildman–Crippen LogP) is 4.54. The average Bonchev–Trinajstić information content (AvgIpc) is 2.38. The van der Waals surface area contributed by atoms with E-state index in [1.807, 2.05) is 42.5 Å². The second kappa shape index (κ2) is 4.71. The quantitative estimate of drug-likeness (QED) is 0.828. The highest BCUT2D eigenvalue weighted by Crippen LogP contribution is 2.35. The van der Waals surface area contributed by atoms with Crippen molar-refractivity contribution in [2.24, 2.45) is 0 Å². The first kappa shape index (κ1) is 11.7. The van der Waals surface area contributed by atoms with Gasteiger partial charge in [0.25, 0.3) is 0 Å². The zero-order valence-electron chi connectivity index (χ0n) is 9.49. The Morgan fingerprint density at radius 3 is 2.72 bits per heavy atom. The van der Waals surface area contributed by atoms with Gasteiger partial charge in [0, 0.05) is 16.1 Å². The molecule has 2 nitrogen and oxygen atoms in total. The Morgan fingerprint density at radius 2 is 1.89 bits per heavy atom. The van der Waals surface area contributed by atoms with Crippen LogP contribution in [0.5, 0.6) is 5.75 Å². The van der Waals surface area contributed by atoms with Gasteiger partial charge in [-0.3, -0.25) is 0 Å². The minimum Gasteiger partial charge on any atom is -0.489 e. The largest absolute Gasteiger partial charge is 0.489 e. The molecule has 0 amide bonds. The molecule has 0 aliphatic carbocycles. The molecule has 92 valence electrons. The fraction of sp³-hybridized carbons (Fsp3) is 0.143. The third-order valence-electron chi connectivity index (χ3n) is 2.93. The number of fused-ring (bicyclic) bond motifs is 1. The van der Waals surface area contributed by atoms with Crippen LogP contribution in [-0.4, -0.2) is 6.61 Å². The van der Waals surface area contributed by atoms with E-state index in [1.54, 1.807) is 0 Å². The van der Waals surface area contributed by atoms with E-state index in [-0.39, 0.29) is 6.04 Å². The van der Waals surface area contributed by atoms with Crippen molar-refractivity contribution in [3.05, 3.63) is 58.1 Å². The van der Waals surface area contributed by atoms with Crippen molar-refractivity contribution in [2.45, 2.75) is 6.04 Å². The maximum atomic E-state index is 6.00. The summed E-state index contributed by atoms with van der Waals surface area (Å²) in [6.07, 6.45) is 0. The van der Waals surface area contributed by atoms with Crippen molar-refractivity contribution in [3.63, 3.8) is 0 Å². The molecule has 0 unspecified atom stereocenters. The maximum absolute atomic E-state index is 6.00. The number of halogens is 2. The summed E-state index contributed by atoms with van der Waals surface area (Å²) in [5, 5.41) is 4.84.